The van der Waals surface area contributed by atoms with Gasteiger partial charge in [0.25, 0.3) is 5.91 Å². The van der Waals surface area contributed by atoms with Crippen LogP contribution >= 0.6 is 0 Å². The van der Waals surface area contributed by atoms with Gasteiger partial charge in [-0.2, -0.15) is 5.26 Å². The predicted octanol–water partition coefficient (Wildman–Crippen LogP) is 4.14. The molecule has 0 saturated carbocycles. The maximum atomic E-state index is 13.4. The quantitative estimate of drug-likeness (QED) is 0.418. The van der Waals surface area contributed by atoms with Crippen molar-refractivity contribution in [2.24, 2.45) is 0 Å². The number of aliphatic hydroxyl groups is 1. The van der Waals surface area contributed by atoms with Gasteiger partial charge in [0.2, 0.25) is 0 Å². The highest BCUT2D eigenvalue weighted by atomic mass is 19.2. The highest BCUT2D eigenvalue weighted by molar-refractivity contribution is 6.01. The van der Waals surface area contributed by atoms with Gasteiger partial charge in [0, 0.05) is 23.6 Å². The van der Waals surface area contributed by atoms with Crippen LogP contribution in [0.1, 0.15) is 28.6 Å². The van der Waals surface area contributed by atoms with Crippen LogP contribution in [0.3, 0.4) is 0 Å². The molecule has 3 rings (SSSR count). The Morgan fingerprint density at radius 3 is 2.48 bits per heavy atom. The molecule has 1 amide bonds. The molecule has 0 aliphatic heterocycles. The van der Waals surface area contributed by atoms with E-state index in [1.807, 2.05) is 54.8 Å². The summed E-state index contributed by atoms with van der Waals surface area (Å²) in [6.45, 7) is 3.52. The molecule has 0 saturated heterocycles. The fourth-order valence-corrected chi connectivity index (χ4v) is 3.49. The summed E-state index contributed by atoms with van der Waals surface area (Å²) in [6.07, 6.45) is 0.214. The van der Waals surface area contributed by atoms with Gasteiger partial charge in [0.05, 0.1) is 13.2 Å². The molecule has 8 heteroatoms. The minimum atomic E-state index is -1.26. The summed E-state index contributed by atoms with van der Waals surface area (Å²) in [5.74, 6) is -2.08. The number of carbonyl (C=O) groups excluding carboxylic acids is 1. The number of ether oxygens (including phenoxy) is 1. The third-order valence-electron chi connectivity index (χ3n) is 5.25. The molecule has 3 aromatic rings. The van der Waals surface area contributed by atoms with Crippen LogP contribution in [-0.2, 0) is 4.79 Å². The van der Waals surface area contributed by atoms with Gasteiger partial charge in [-0.1, -0.05) is 6.07 Å². The zero-order chi connectivity index (χ0) is 24.1. The van der Waals surface area contributed by atoms with Crippen molar-refractivity contribution < 1.29 is 23.4 Å². The number of nitrogens with one attached hydrogen (secondary N) is 1. The van der Waals surface area contributed by atoms with Crippen molar-refractivity contribution in [1.82, 2.24) is 9.88 Å². The molecule has 2 N–H and O–H groups in total. The zero-order valence-corrected chi connectivity index (χ0v) is 18.4. The van der Waals surface area contributed by atoms with Gasteiger partial charge >= 0.3 is 0 Å². The van der Waals surface area contributed by atoms with Crippen LogP contribution < -0.4 is 10.1 Å². The Hall–Kier alpha value is -3.96. The molecule has 0 radical (unpaired) electrons. The molecular weight excluding hydrogens is 428 g/mol. The van der Waals surface area contributed by atoms with Crippen LogP contribution in [0, 0.1) is 36.8 Å². The number of methoxy groups -OCH3 is 1. The summed E-state index contributed by atoms with van der Waals surface area (Å²) in [6, 6.07) is 14.2. The molecule has 170 valence electrons. The number of aliphatic hydroxyl groups excluding tert-OH is 1. The number of nitrogens with zero attached hydrogens (tertiary/aromatic N) is 2. The van der Waals surface area contributed by atoms with Crippen LogP contribution in [0.25, 0.3) is 11.8 Å². The van der Waals surface area contributed by atoms with Gasteiger partial charge < -0.3 is 19.7 Å². The average molecular weight is 451 g/mol. The Bertz CT molecular complexity index is 1240. The summed E-state index contributed by atoms with van der Waals surface area (Å²) < 4.78 is 33.6. The number of nitriles is 1. The Morgan fingerprint density at radius 1 is 1.18 bits per heavy atom. The lowest BCUT2D eigenvalue weighted by Gasteiger charge is -2.12. The number of aromatic nitrogens is 1. The fraction of sp³-hybridized carbons (Fsp3) is 0.200. The average Bonchev–Trinajstić information content (AvgIpc) is 3.09. The molecule has 0 fully saturated rings. The first-order valence-electron chi connectivity index (χ1n) is 10.1. The van der Waals surface area contributed by atoms with Crippen molar-refractivity contribution in [3.63, 3.8) is 0 Å². The van der Waals surface area contributed by atoms with Crippen LogP contribution in [0.5, 0.6) is 5.75 Å². The first-order valence-corrected chi connectivity index (χ1v) is 10.1. The van der Waals surface area contributed by atoms with E-state index in [0.717, 1.165) is 35.0 Å². The molecule has 2 aromatic carbocycles. The molecule has 1 unspecified atom stereocenters. The molecule has 1 atom stereocenters. The number of halogens is 2. The Balaban J connectivity index is 1.77. The number of benzene rings is 2. The summed E-state index contributed by atoms with van der Waals surface area (Å²) in [7, 11) is 1.59. The van der Waals surface area contributed by atoms with E-state index in [-0.39, 0.29) is 17.7 Å². The molecule has 0 aliphatic rings. The third-order valence-corrected chi connectivity index (χ3v) is 5.25. The lowest BCUT2D eigenvalue weighted by Crippen LogP contribution is -2.29. The minimum absolute atomic E-state index is 0.111. The van der Waals surface area contributed by atoms with Crippen molar-refractivity contribution >= 4 is 12.0 Å². The van der Waals surface area contributed by atoms with Crippen molar-refractivity contribution in [1.29, 1.82) is 5.26 Å². The second-order valence-electron chi connectivity index (χ2n) is 7.43. The summed E-state index contributed by atoms with van der Waals surface area (Å²) >= 11 is 0. The van der Waals surface area contributed by atoms with Gasteiger partial charge in [-0.05, 0) is 73.5 Å². The first-order chi connectivity index (χ1) is 15.7. The van der Waals surface area contributed by atoms with E-state index in [4.69, 9.17) is 4.74 Å². The molecule has 0 spiro atoms. The van der Waals surface area contributed by atoms with Crippen LogP contribution in [0.2, 0.25) is 0 Å². The van der Waals surface area contributed by atoms with E-state index in [9.17, 15) is 23.9 Å². The Kier molecular flexibility index (Phi) is 7.26. The number of carbonyl (C=O) groups is 1. The number of aryl methyl sites for hydroxylation is 1. The van der Waals surface area contributed by atoms with Crippen LogP contribution in [-0.4, -0.2) is 29.2 Å². The van der Waals surface area contributed by atoms with E-state index in [1.54, 1.807) is 7.11 Å². The number of rotatable bonds is 7. The molecule has 0 bridgehead atoms. The largest absolute Gasteiger partial charge is 0.497 e. The highest BCUT2D eigenvalue weighted by Gasteiger charge is 2.16. The van der Waals surface area contributed by atoms with Gasteiger partial charge in [-0.3, -0.25) is 4.79 Å². The first kappa shape index (κ1) is 23.7. The second kappa shape index (κ2) is 10.1. The summed E-state index contributed by atoms with van der Waals surface area (Å²) in [5.41, 5.74) is 3.30. The third kappa shape index (κ3) is 5.27. The normalized spacial score (nSPS) is 12.2. The van der Waals surface area contributed by atoms with Crippen molar-refractivity contribution in [3.05, 3.63) is 88.3 Å². The van der Waals surface area contributed by atoms with Crippen molar-refractivity contribution in [3.8, 4) is 17.5 Å². The number of hydrogen-bond acceptors (Lipinski definition) is 4. The molecular formula is C25H23F2N3O3. The van der Waals surface area contributed by atoms with E-state index in [1.165, 1.54) is 12.1 Å². The standard InChI is InChI=1S/C25H23F2N3O3/c1-15-10-18(16(2)30(15)20-5-7-21(33-3)8-6-20)11-19(13-28)25(32)29-14-24(31)17-4-9-22(26)23(27)12-17/h4-12,24,31H,14H2,1-3H3,(H,29,32). The van der Waals surface area contributed by atoms with E-state index in [2.05, 4.69) is 5.32 Å². The van der Waals surface area contributed by atoms with Gasteiger partial charge in [0.1, 0.15) is 17.4 Å². The van der Waals surface area contributed by atoms with Gasteiger partial charge in [0.15, 0.2) is 11.6 Å². The van der Waals surface area contributed by atoms with E-state index in [0.29, 0.717) is 5.56 Å². The highest BCUT2D eigenvalue weighted by Crippen LogP contribution is 2.24. The van der Waals surface area contributed by atoms with Crippen LogP contribution in [0.15, 0.2) is 54.1 Å². The van der Waals surface area contributed by atoms with Crippen LogP contribution in [0.4, 0.5) is 8.78 Å². The molecule has 6 nitrogen and oxygen atoms in total. The number of hydrogen-bond donors (Lipinski definition) is 2. The van der Waals surface area contributed by atoms with Gasteiger partial charge in [-0.15, -0.1) is 0 Å². The maximum absolute atomic E-state index is 13.4. The monoisotopic (exact) mass is 451 g/mol. The van der Waals surface area contributed by atoms with E-state index < -0.39 is 23.6 Å². The molecule has 0 aliphatic carbocycles. The molecule has 1 aromatic heterocycles. The summed E-state index contributed by atoms with van der Waals surface area (Å²) in [5, 5.41) is 22.1. The number of amides is 1. The Morgan fingerprint density at radius 2 is 1.88 bits per heavy atom. The smallest absolute Gasteiger partial charge is 0.262 e. The second-order valence-corrected chi connectivity index (χ2v) is 7.43. The topological polar surface area (TPSA) is 87.3 Å². The zero-order valence-electron chi connectivity index (χ0n) is 18.4. The SMILES string of the molecule is COc1ccc(-n2c(C)cc(C=C(C#N)C(=O)NCC(O)c3ccc(F)c(F)c3)c2C)cc1. The van der Waals surface area contributed by atoms with Gasteiger partial charge in [-0.25, -0.2) is 8.78 Å². The molecule has 33 heavy (non-hydrogen) atoms. The van der Waals surface area contributed by atoms with E-state index >= 15 is 0 Å². The minimum Gasteiger partial charge on any atom is -0.497 e. The van der Waals surface area contributed by atoms with Crippen molar-refractivity contribution in [2.75, 3.05) is 13.7 Å². The lowest BCUT2D eigenvalue weighted by molar-refractivity contribution is -0.117. The van der Waals surface area contributed by atoms with Crippen molar-refractivity contribution in [2.45, 2.75) is 20.0 Å². The predicted molar refractivity (Wildman–Crippen MR) is 120 cm³/mol. The molecule has 1 heterocycles. The maximum Gasteiger partial charge on any atom is 0.262 e. The summed E-state index contributed by atoms with van der Waals surface area (Å²) in [4.78, 5) is 12.5. The fourth-order valence-electron chi connectivity index (χ4n) is 3.49. The lowest BCUT2D eigenvalue weighted by atomic mass is 10.1. The Labute approximate surface area is 190 Å².